The van der Waals surface area contributed by atoms with Crippen LogP contribution in [0, 0.1) is 0 Å². The van der Waals surface area contributed by atoms with Crippen molar-refractivity contribution in [3.05, 3.63) is 24.4 Å². The topological polar surface area (TPSA) is 162 Å². The molecule has 10 heteroatoms. The molecule has 2 aromatic heterocycles. The van der Waals surface area contributed by atoms with E-state index in [4.69, 9.17) is 17.2 Å². The van der Waals surface area contributed by atoms with Crippen LogP contribution in [0.5, 0.6) is 0 Å². The molecule has 1 amide bonds. The molecule has 6 N–H and O–H groups in total. The number of anilines is 2. The van der Waals surface area contributed by atoms with Crippen LogP contribution in [0.25, 0.3) is 11.3 Å². The molecule has 0 bridgehead atoms. The molecule has 1 aliphatic heterocycles. The van der Waals surface area contributed by atoms with Gasteiger partial charge in [-0.2, -0.15) is 4.99 Å². The van der Waals surface area contributed by atoms with Gasteiger partial charge in [0.2, 0.25) is 0 Å². The van der Waals surface area contributed by atoms with Gasteiger partial charge in [-0.1, -0.05) is 12.8 Å². The monoisotopic (exact) mass is 355 g/mol. The third-order valence-electron chi connectivity index (χ3n) is 4.08. The second-order valence-corrected chi connectivity index (χ2v) is 6.00. The molecule has 10 nitrogen and oxygen atoms in total. The maximum atomic E-state index is 12.2. The van der Waals surface area contributed by atoms with Crippen molar-refractivity contribution >= 4 is 23.5 Å². The van der Waals surface area contributed by atoms with E-state index >= 15 is 0 Å². The molecule has 0 aliphatic carbocycles. The fourth-order valence-electron chi connectivity index (χ4n) is 2.88. The van der Waals surface area contributed by atoms with Crippen molar-refractivity contribution in [3.63, 3.8) is 0 Å². The summed E-state index contributed by atoms with van der Waals surface area (Å²) >= 11 is 0. The average molecular weight is 355 g/mol. The van der Waals surface area contributed by atoms with E-state index in [-0.39, 0.29) is 17.5 Å². The summed E-state index contributed by atoms with van der Waals surface area (Å²) in [5, 5.41) is 0. The summed E-state index contributed by atoms with van der Waals surface area (Å²) in [7, 11) is 0. The van der Waals surface area contributed by atoms with Gasteiger partial charge in [0.15, 0.2) is 23.3 Å². The lowest BCUT2D eigenvalue weighted by atomic mass is 10.2. The van der Waals surface area contributed by atoms with Crippen LogP contribution in [0.2, 0.25) is 0 Å². The lowest BCUT2D eigenvalue weighted by Gasteiger charge is -2.24. The number of aliphatic imine (C=N–C) groups is 1. The predicted molar refractivity (Wildman–Crippen MR) is 98.3 cm³/mol. The third kappa shape index (κ3) is 3.85. The lowest BCUT2D eigenvalue weighted by Crippen LogP contribution is -2.28. The molecule has 3 heterocycles. The van der Waals surface area contributed by atoms with E-state index in [1.54, 1.807) is 12.4 Å². The van der Waals surface area contributed by atoms with Crippen LogP contribution in [0.3, 0.4) is 0 Å². The number of guanidine groups is 1. The molecule has 1 aliphatic rings. The zero-order chi connectivity index (χ0) is 18.5. The van der Waals surface area contributed by atoms with Crippen LogP contribution in [0.15, 0.2) is 23.7 Å². The van der Waals surface area contributed by atoms with Gasteiger partial charge in [-0.15, -0.1) is 0 Å². The molecule has 3 rings (SSSR count). The molecular formula is C16H21N9O. The second-order valence-electron chi connectivity index (χ2n) is 6.00. The van der Waals surface area contributed by atoms with E-state index < -0.39 is 5.91 Å². The van der Waals surface area contributed by atoms with E-state index in [0.29, 0.717) is 17.1 Å². The van der Waals surface area contributed by atoms with Crippen LogP contribution in [0.4, 0.5) is 11.6 Å². The highest BCUT2D eigenvalue weighted by Gasteiger charge is 2.23. The predicted octanol–water partition coefficient (Wildman–Crippen LogP) is 0.310. The summed E-state index contributed by atoms with van der Waals surface area (Å²) in [6, 6.07) is 0. The molecule has 0 saturated carbocycles. The maximum Gasteiger partial charge on any atom is 0.302 e. The Balaban J connectivity index is 2.12. The number of amides is 1. The largest absolute Gasteiger partial charge is 0.382 e. The van der Waals surface area contributed by atoms with E-state index in [2.05, 4.69) is 29.8 Å². The number of nitrogens with zero attached hydrogens (tertiary/aromatic N) is 6. The Hall–Kier alpha value is -3.30. The van der Waals surface area contributed by atoms with E-state index in [9.17, 15) is 4.79 Å². The number of nitrogen functional groups attached to an aromatic ring is 1. The fraction of sp³-hybridized carbons (Fsp3) is 0.375. The van der Waals surface area contributed by atoms with Crippen LogP contribution >= 0.6 is 0 Å². The summed E-state index contributed by atoms with van der Waals surface area (Å²) in [6.45, 7) is 1.69. The Morgan fingerprint density at radius 2 is 1.69 bits per heavy atom. The zero-order valence-electron chi connectivity index (χ0n) is 14.3. The van der Waals surface area contributed by atoms with Crippen molar-refractivity contribution < 1.29 is 4.79 Å². The first-order valence-electron chi connectivity index (χ1n) is 8.38. The van der Waals surface area contributed by atoms with Crippen molar-refractivity contribution in [2.45, 2.75) is 25.7 Å². The standard InChI is InChI=1S/C16H21N9O/c17-13-12(15(26)24-16(18)19)22-11(10-7-20-9-21-8-10)14(23-13)25-5-3-1-2-4-6-25/h7-9H,1-6H2,(H2,17,23)(H4,18,19,24,26). The van der Waals surface area contributed by atoms with Crippen molar-refractivity contribution in [1.29, 1.82) is 0 Å². The van der Waals surface area contributed by atoms with Crippen molar-refractivity contribution in [2.24, 2.45) is 16.5 Å². The molecule has 1 saturated heterocycles. The van der Waals surface area contributed by atoms with Gasteiger partial charge in [0.25, 0.3) is 0 Å². The average Bonchev–Trinajstić information content (AvgIpc) is 2.91. The minimum atomic E-state index is -0.740. The summed E-state index contributed by atoms with van der Waals surface area (Å²) in [6.07, 6.45) is 9.11. The van der Waals surface area contributed by atoms with Gasteiger partial charge in [-0.05, 0) is 12.8 Å². The number of hydrogen-bond acceptors (Lipinski definition) is 7. The van der Waals surface area contributed by atoms with E-state index in [1.165, 1.54) is 19.2 Å². The van der Waals surface area contributed by atoms with Gasteiger partial charge in [0.05, 0.1) is 0 Å². The Morgan fingerprint density at radius 3 is 2.31 bits per heavy atom. The highest BCUT2D eigenvalue weighted by molar-refractivity contribution is 6.03. The van der Waals surface area contributed by atoms with Crippen LogP contribution in [-0.2, 0) is 0 Å². The lowest BCUT2D eigenvalue weighted by molar-refractivity contribution is 0.0998. The first-order chi connectivity index (χ1) is 12.6. The summed E-state index contributed by atoms with van der Waals surface area (Å²) in [4.78, 5) is 34.8. The van der Waals surface area contributed by atoms with Gasteiger partial charge in [-0.3, -0.25) is 4.79 Å². The number of aromatic nitrogens is 4. The van der Waals surface area contributed by atoms with Crippen molar-refractivity contribution in [3.8, 4) is 11.3 Å². The summed E-state index contributed by atoms with van der Waals surface area (Å²) in [5.74, 6) is -0.506. The number of hydrogen-bond donors (Lipinski definition) is 3. The van der Waals surface area contributed by atoms with Gasteiger partial charge < -0.3 is 22.1 Å². The Morgan fingerprint density at radius 1 is 1.04 bits per heavy atom. The van der Waals surface area contributed by atoms with Gasteiger partial charge in [-0.25, -0.2) is 19.9 Å². The molecule has 26 heavy (non-hydrogen) atoms. The Kier molecular flexibility index (Phi) is 5.20. The zero-order valence-corrected chi connectivity index (χ0v) is 14.3. The van der Waals surface area contributed by atoms with Gasteiger partial charge in [0, 0.05) is 31.0 Å². The minimum Gasteiger partial charge on any atom is -0.382 e. The highest BCUT2D eigenvalue weighted by Crippen LogP contribution is 2.30. The number of carbonyl (C=O) groups is 1. The second kappa shape index (κ2) is 7.72. The number of rotatable bonds is 3. The van der Waals surface area contributed by atoms with Crippen LogP contribution in [-0.4, -0.2) is 44.9 Å². The van der Waals surface area contributed by atoms with E-state index in [1.807, 2.05) is 0 Å². The van der Waals surface area contributed by atoms with Crippen LogP contribution < -0.4 is 22.1 Å². The number of carbonyl (C=O) groups excluding carboxylic acids is 1. The van der Waals surface area contributed by atoms with Gasteiger partial charge >= 0.3 is 5.91 Å². The molecule has 0 radical (unpaired) electrons. The van der Waals surface area contributed by atoms with Gasteiger partial charge in [0.1, 0.15) is 12.0 Å². The molecule has 0 unspecified atom stereocenters. The fourth-order valence-corrected chi connectivity index (χ4v) is 2.88. The SMILES string of the molecule is NC(N)=NC(=O)c1nc(-c2cncnc2)c(N2CCCCCC2)nc1N. The minimum absolute atomic E-state index is 0.0140. The third-order valence-corrected chi connectivity index (χ3v) is 4.08. The molecule has 2 aromatic rings. The van der Waals surface area contributed by atoms with Crippen molar-refractivity contribution in [2.75, 3.05) is 23.7 Å². The Labute approximate surface area is 150 Å². The quantitative estimate of drug-likeness (QED) is 0.519. The van der Waals surface area contributed by atoms with Crippen LogP contribution in [0.1, 0.15) is 36.2 Å². The maximum absolute atomic E-state index is 12.2. The molecule has 0 atom stereocenters. The summed E-state index contributed by atoms with van der Waals surface area (Å²) < 4.78 is 0. The molecule has 136 valence electrons. The Bertz CT molecular complexity index is 810. The van der Waals surface area contributed by atoms with E-state index in [0.717, 1.165) is 25.9 Å². The smallest absolute Gasteiger partial charge is 0.302 e. The number of nitrogens with two attached hydrogens (primary N) is 3. The molecule has 0 spiro atoms. The first kappa shape index (κ1) is 17.5. The molecular weight excluding hydrogens is 334 g/mol. The first-order valence-corrected chi connectivity index (χ1v) is 8.38. The van der Waals surface area contributed by atoms with Crippen molar-refractivity contribution in [1.82, 2.24) is 19.9 Å². The molecule has 1 fully saturated rings. The normalized spacial score (nSPS) is 14.5. The highest BCUT2D eigenvalue weighted by atomic mass is 16.1. The summed E-state index contributed by atoms with van der Waals surface area (Å²) in [5.41, 5.74) is 17.6. The molecule has 0 aromatic carbocycles.